The molecule has 0 aromatic carbocycles. The Balaban J connectivity index is 1.98. The lowest BCUT2D eigenvalue weighted by atomic mass is 10.1. The molecule has 0 unspecified atom stereocenters. The molecule has 1 aliphatic heterocycles. The number of hydrogen-bond acceptors (Lipinski definition) is 4. The second kappa shape index (κ2) is 5.04. The van der Waals surface area contributed by atoms with Crippen molar-refractivity contribution < 1.29 is 18.7 Å². The number of aromatic nitrogens is 3. The fourth-order valence-corrected chi connectivity index (χ4v) is 2.98. The zero-order chi connectivity index (χ0) is 15.2. The molecule has 0 bridgehead atoms. The number of rotatable bonds is 1. The van der Waals surface area contributed by atoms with Crippen molar-refractivity contribution in [1.29, 1.82) is 0 Å². The molecule has 21 heavy (non-hydrogen) atoms. The van der Waals surface area contributed by atoms with Crippen molar-refractivity contribution in [2.24, 2.45) is 0 Å². The second-order valence-electron chi connectivity index (χ2n) is 4.89. The van der Waals surface area contributed by atoms with Gasteiger partial charge in [-0.05, 0) is 22.6 Å². The molecule has 0 saturated carbocycles. The van der Waals surface area contributed by atoms with E-state index in [4.69, 9.17) is 5.11 Å². The van der Waals surface area contributed by atoms with Gasteiger partial charge in [-0.3, -0.25) is 0 Å². The Labute approximate surface area is 131 Å². The summed E-state index contributed by atoms with van der Waals surface area (Å²) < 4.78 is 27.8. The molecule has 1 N–H and O–H groups in total. The molecule has 0 aliphatic carbocycles. The van der Waals surface area contributed by atoms with Gasteiger partial charge in [0.15, 0.2) is 0 Å². The van der Waals surface area contributed by atoms with E-state index in [1.807, 2.05) is 22.6 Å². The van der Waals surface area contributed by atoms with Gasteiger partial charge in [-0.2, -0.15) is 9.78 Å². The molecule has 3 heterocycles. The minimum atomic E-state index is -2.63. The first-order valence-corrected chi connectivity index (χ1v) is 7.36. The molecule has 0 amide bonds. The predicted octanol–water partition coefficient (Wildman–Crippen LogP) is 2.80. The van der Waals surface area contributed by atoms with Crippen LogP contribution in [-0.4, -0.2) is 45.0 Å². The van der Waals surface area contributed by atoms with E-state index in [1.165, 1.54) is 6.20 Å². The van der Waals surface area contributed by atoms with E-state index in [2.05, 4.69) is 10.1 Å². The lowest BCUT2D eigenvalue weighted by Gasteiger charge is -2.32. The summed E-state index contributed by atoms with van der Waals surface area (Å²) in [5.41, 5.74) is 0.411. The highest BCUT2D eigenvalue weighted by Gasteiger charge is 2.34. The highest BCUT2D eigenvalue weighted by atomic mass is 127. The van der Waals surface area contributed by atoms with E-state index < -0.39 is 12.0 Å². The fraction of sp³-hybridized carbons (Fsp3) is 0.417. The van der Waals surface area contributed by atoms with Crippen molar-refractivity contribution in [2.75, 3.05) is 18.0 Å². The Hall–Kier alpha value is -1.52. The third kappa shape index (κ3) is 2.65. The van der Waals surface area contributed by atoms with Crippen LogP contribution >= 0.6 is 22.6 Å². The zero-order valence-corrected chi connectivity index (χ0v) is 12.9. The maximum absolute atomic E-state index is 13.2. The van der Waals surface area contributed by atoms with Gasteiger partial charge in [0.25, 0.3) is 5.92 Å². The highest BCUT2D eigenvalue weighted by Crippen LogP contribution is 2.31. The summed E-state index contributed by atoms with van der Waals surface area (Å²) in [5.74, 6) is -2.13. The molecule has 1 saturated heterocycles. The first-order chi connectivity index (χ1) is 9.87. The van der Waals surface area contributed by atoms with Crippen LogP contribution in [0.15, 0.2) is 12.3 Å². The molecule has 2 aromatic rings. The summed E-state index contributed by atoms with van der Waals surface area (Å²) >= 11 is 1.93. The Morgan fingerprint density at radius 1 is 1.38 bits per heavy atom. The summed E-state index contributed by atoms with van der Waals surface area (Å²) in [5, 5.41) is 13.7. The van der Waals surface area contributed by atoms with Crippen LogP contribution < -0.4 is 4.90 Å². The Kier molecular flexibility index (Phi) is 3.46. The summed E-state index contributed by atoms with van der Waals surface area (Å²) in [6.45, 7) is 0.396. The van der Waals surface area contributed by atoms with E-state index in [0.717, 1.165) is 4.68 Å². The quantitative estimate of drug-likeness (QED) is 0.736. The number of pyridine rings is 1. The van der Waals surface area contributed by atoms with Crippen LogP contribution in [-0.2, 0) is 0 Å². The maximum atomic E-state index is 13.2. The summed E-state index contributed by atoms with van der Waals surface area (Å²) in [6, 6.07) is 1.59. The van der Waals surface area contributed by atoms with Crippen molar-refractivity contribution in [3.05, 3.63) is 16.0 Å². The standard InChI is InChI=1S/C12H11F2IN4O2/c13-12(14)1-3-18(4-2-12)9-5-8-7(6-16-9)10(15)17-19(8)11(20)21/h5-6H,1-4H2,(H,20,21). The van der Waals surface area contributed by atoms with Gasteiger partial charge in [-0.1, -0.05) is 0 Å². The van der Waals surface area contributed by atoms with Crippen molar-refractivity contribution in [3.8, 4) is 0 Å². The number of halogens is 3. The lowest BCUT2D eigenvalue weighted by molar-refractivity contribution is -0.0221. The molecular formula is C12H11F2IN4O2. The number of fused-ring (bicyclic) bond motifs is 1. The minimum Gasteiger partial charge on any atom is -0.463 e. The van der Waals surface area contributed by atoms with Crippen LogP contribution in [0.5, 0.6) is 0 Å². The average molecular weight is 408 g/mol. The molecule has 112 valence electrons. The van der Waals surface area contributed by atoms with Crippen LogP contribution in [0.25, 0.3) is 10.9 Å². The van der Waals surface area contributed by atoms with Gasteiger partial charge in [0.05, 0.1) is 10.9 Å². The maximum Gasteiger partial charge on any atom is 0.432 e. The second-order valence-corrected chi connectivity index (χ2v) is 5.91. The number of hydrogen-bond donors (Lipinski definition) is 1. The van der Waals surface area contributed by atoms with Crippen molar-refractivity contribution >= 4 is 45.4 Å². The van der Waals surface area contributed by atoms with E-state index in [0.29, 0.717) is 20.4 Å². The Morgan fingerprint density at radius 2 is 2.05 bits per heavy atom. The first-order valence-electron chi connectivity index (χ1n) is 6.28. The average Bonchev–Trinajstić information content (AvgIpc) is 2.76. The molecule has 0 atom stereocenters. The van der Waals surface area contributed by atoms with E-state index in [-0.39, 0.29) is 25.9 Å². The zero-order valence-electron chi connectivity index (χ0n) is 10.8. The summed E-state index contributed by atoms with van der Waals surface area (Å²) in [7, 11) is 0. The summed E-state index contributed by atoms with van der Waals surface area (Å²) in [6.07, 6.45) is -0.0958. The molecule has 0 radical (unpaired) electrons. The molecule has 6 nitrogen and oxygen atoms in total. The topological polar surface area (TPSA) is 71.2 Å². The number of nitrogens with zero attached hydrogens (tertiary/aromatic N) is 4. The third-order valence-electron chi connectivity index (χ3n) is 3.51. The third-order valence-corrected chi connectivity index (χ3v) is 4.30. The van der Waals surface area contributed by atoms with Gasteiger partial charge in [-0.25, -0.2) is 18.6 Å². The SMILES string of the molecule is O=C(O)n1nc(I)c2cnc(N3CCC(F)(F)CC3)cc21. The number of carboxylic acid groups (broad SMARTS) is 1. The van der Waals surface area contributed by atoms with Gasteiger partial charge >= 0.3 is 6.09 Å². The van der Waals surface area contributed by atoms with Gasteiger partial charge in [0, 0.05) is 38.2 Å². The van der Waals surface area contributed by atoms with Gasteiger partial charge in [0.2, 0.25) is 0 Å². The Bertz CT molecular complexity index is 709. The van der Waals surface area contributed by atoms with Crippen molar-refractivity contribution in [3.63, 3.8) is 0 Å². The molecule has 9 heteroatoms. The first kappa shape index (κ1) is 14.4. The van der Waals surface area contributed by atoms with Gasteiger partial charge in [-0.15, -0.1) is 0 Å². The molecule has 2 aromatic heterocycles. The van der Waals surface area contributed by atoms with Crippen LogP contribution in [0.3, 0.4) is 0 Å². The molecular weight excluding hydrogens is 397 g/mol. The van der Waals surface area contributed by atoms with Crippen LogP contribution in [0.1, 0.15) is 12.8 Å². The normalized spacial score (nSPS) is 18.1. The monoisotopic (exact) mass is 408 g/mol. The molecule has 1 fully saturated rings. The Morgan fingerprint density at radius 3 is 2.67 bits per heavy atom. The number of carbonyl (C=O) groups is 1. The van der Waals surface area contributed by atoms with Crippen LogP contribution in [0.4, 0.5) is 19.4 Å². The van der Waals surface area contributed by atoms with Gasteiger partial charge in [0.1, 0.15) is 9.52 Å². The number of alkyl halides is 2. The van der Waals surface area contributed by atoms with Crippen molar-refractivity contribution in [1.82, 2.24) is 14.8 Å². The summed E-state index contributed by atoms with van der Waals surface area (Å²) in [4.78, 5) is 17.1. The van der Waals surface area contributed by atoms with E-state index in [9.17, 15) is 13.6 Å². The molecule has 1 aliphatic rings. The predicted molar refractivity (Wildman–Crippen MR) is 80.1 cm³/mol. The van der Waals surface area contributed by atoms with E-state index >= 15 is 0 Å². The van der Waals surface area contributed by atoms with Crippen LogP contribution in [0.2, 0.25) is 0 Å². The van der Waals surface area contributed by atoms with E-state index in [1.54, 1.807) is 11.0 Å². The number of piperidine rings is 1. The number of anilines is 1. The fourth-order valence-electron chi connectivity index (χ4n) is 2.35. The van der Waals surface area contributed by atoms with Gasteiger partial charge < -0.3 is 10.0 Å². The smallest absolute Gasteiger partial charge is 0.432 e. The van der Waals surface area contributed by atoms with Crippen molar-refractivity contribution in [2.45, 2.75) is 18.8 Å². The minimum absolute atomic E-state index is 0.198. The largest absolute Gasteiger partial charge is 0.463 e. The molecule has 3 rings (SSSR count). The lowest BCUT2D eigenvalue weighted by Crippen LogP contribution is -2.39. The van der Waals surface area contributed by atoms with Crippen LogP contribution in [0, 0.1) is 3.70 Å². The molecule has 0 spiro atoms. The highest BCUT2D eigenvalue weighted by molar-refractivity contribution is 14.1.